The quantitative estimate of drug-likeness (QED) is 0.564. The van der Waals surface area contributed by atoms with Crippen molar-refractivity contribution in [1.82, 2.24) is 9.88 Å². The molecule has 1 atom stereocenters. The smallest absolute Gasteiger partial charge is 0.227 e. The molecular formula is C27H31N3O. The normalized spacial score (nSPS) is 14.6. The summed E-state index contributed by atoms with van der Waals surface area (Å²) in [6.45, 7) is 4.78. The molecule has 0 bridgehead atoms. The zero-order valence-corrected chi connectivity index (χ0v) is 18.4. The van der Waals surface area contributed by atoms with Crippen molar-refractivity contribution in [1.29, 1.82) is 0 Å². The molecule has 1 unspecified atom stereocenters. The molecule has 1 aromatic heterocycles. The van der Waals surface area contributed by atoms with Crippen molar-refractivity contribution < 1.29 is 4.79 Å². The number of carbonyl (C=O) groups is 1. The van der Waals surface area contributed by atoms with Crippen LogP contribution in [0.25, 0.3) is 5.57 Å². The number of nitrogen functional groups attached to an aromatic ring is 1. The molecule has 3 rings (SSSR count). The molecule has 1 heterocycles. The molecule has 160 valence electrons. The van der Waals surface area contributed by atoms with Crippen LogP contribution in [0.1, 0.15) is 44.2 Å². The molecular weight excluding hydrogens is 382 g/mol. The molecule has 1 aliphatic carbocycles. The van der Waals surface area contributed by atoms with Crippen LogP contribution in [0.5, 0.6) is 0 Å². The van der Waals surface area contributed by atoms with E-state index in [0.29, 0.717) is 18.7 Å². The number of pyridine rings is 1. The monoisotopic (exact) mass is 413 g/mol. The number of hydrogen-bond acceptors (Lipinski definition) is 3. The van der Waals surface area contributed by atoms with Gasteiger partial charge in [-0.1, -0.05) is 61.6 Å². The topological polar surface area (TPSA) is 59.2 Å². The van der Waals surface area contributed by atoms with Crippen molar-refractivity contribution in [3.8, 4) is 0 Å². The summed E-state index contributed by atoms with van der Waals surface area (Å²) in [4.78, 5) is 19.6. The number of rotatable bonds is 8. The van der Waals surface area contributed by atoms with Crippen LogP contribution in [0, 0.1) is 0 Å². The van der Waals surface area contributed by atoms with Crippen molar-refractivity contribution in [2.24, 2.45) is 0 Å². The van der Waals surface area contributed by atoms with Gasteiger partial charge in [0.2, 0.25) is 5.91 Å². The van der Waals surface area contributed by atoms with Crippen molar-refractivity contribution in [2.75, 3.05) is 5.73 Å². The van der Waals surface area contributed by atoms with Gasteiger partial charge < -0.3 is 10.6 Å². The largest absolute Gasteiger partial charge is 0.398 e. The van der Waals surface area contributed by atoms with Crippen LogP contribution in [0.2, 0.25) is 0 Å². The fraction of sp³-hybridized carbons (Fsp3) is 0.259. The molecule has 31 heavy (non-hydrogen) atoms. The van der Waals surface area contributed by atoms with E-state index in [9.17, 15) is 4.79 Å². The average Bonchev–Trinajstić information content (AvgIpc) is 3.06. The van der Waals surface area contributed by atoms with Gasteiger partial charge in [0.15, 0.2) is 0 Å². The van der Waals surface area contributed by atoms with Crippen LogP contribution >= 0.6 is 0 Å². The lowest BCUT2D eigenvalue weighted by molar-refractivity contribution is -0.132. The second-order valence-electron chi connectivity index (χ2n) is 7.83. The Morgan fingerprint density at radius 2 is 1.94 bits per heavy atom. The highest BCUT2D eigenvalue weighted by Crippen LogP contribution is 2.28. The molecule has 4 nitrogen and oxygen atoms in total. The van der Waals surface area contributed by atoms with E-state index in [1.54, 1.807) is 12.4 Å². The van der Waals surface area contributed by atoms with Gasteiger partial charge in [0.05, 0.1) is 6.42 Å². The van der Waals surface area contributed by atoms with Gasteiger partial charge in [-0.25, -0.2) is 0 Å². The van der Waals surface area contributed by atoms with Crippen molar-refractivity contribution in [3.05, 3.63) is 102 Å². The molecule has 0 spiro atoms. The number of nitrogens with zero attached hydrogens (tertiary/aromatic N) is 2. The zero-order chi connectivity index (χ0) is 22.1. The third-order valence-corrected chi connectivity index (χ3v) is 5.58. The minimum Gasteiger partial charge on any atom is -0.398 e. The molecule has 0 fully saturated rings. The van der Waals surface area contributed by atoms with Gasteiger partial charge in [0, 0.05) is 36.2 Å². The second kappa shape index (κ2) is 11.1. The Hall–Kier alpha value is -3.40. The molecule has 2 aromatic rings. The molecule has 1 aromatic carbocycles. The lowest BCUT2D eigenvalue weighted by Gasteiger charge is -2.29. The van der Waals surface area contributed by atoms with Gasteiger partial charge in [-0.15, -0.1) is 0 Å². The number of aromatic nitrogens is 1. The third kappa shape index (κ3) is 6.29. The Bertz CT molecular complexity index is 1000. The highest BCUT2D eigenvalue weighted by Gasteiger charge is 2.21. The fourth-order valence-corrected chi connectivity index (χ4v) is 3.60. The minimum absolute atomic E-state index is 0.0981. The summed E-state index contributed by atoms with van der Waals surface area (Å²) in [5.41, 5.74) is 11.1. The first-order valence-corrected chi connectivity index (χ1v) is 10.8. The van der Waals surface area contributed by atoms with E-state index in [1.807, 2.05) is 59.5 Å². The van der Waals surface area contributed by atoms with E-state index in [1.165, 1.54) is 0 Å². The van der Waals surface area contributed by atoms with E-state index >= 15 is 0 Å². The van der Waals surface area contributed by atoms with Gasteiger partial charge >= 0.3 is 0 Å². The summed E-state index contributed by atoms with van der Waals surface area (Å²) in [5, 5.41) is 0. The van der Waals surface area contributed by atoms with E-state index in [2.05, 4.69) is 37.1 Å². The highest BCUT2D eigenvalue weighted by atomic mass is 16.2. The first-order chi connectivity index (χ1) is 15.1. The maximum atomic E-state index is 13.5. The summed E-state index contributed by atoms with van der Waals surface area (Å²) in [6.07, 6.45) is 18.0. The predicted molar refractivity (Wildman–Crippen MR) is 129 cm³/mol. The number of nitrogens with two attached hydrogens (primary N) is 1. The van der Waals surface area contributed by atoms with Gasteiger partial charge in [0.1, 0.15) is 0 Å². The van der Waals surface area contributed by atoms with Gasteiger partial charge in [0.25, 0.3) is 0 Å². The van der Waals surface area contributed by atoms with Crippen molar-refractivity contribution in [3.63, 3.8) is 0 Å². The zero-order valence-electron chi connectivity index (χ0n) is 18.4. The Labute approximate surface area is 185 Å². The van der Waals surface area contributed by atoms with Gasteiger partial charge in [-0.2, -0.15) is 0 Å². The summed E-state index contributed by atoms with van der Waals surface area (Å²) in [7, 11) is 0. The molecule has 0 saturated carbocycles. The van der Waals surface area contributed by atoms with Gasteiger partial charge in [-0.3, -0.25) is 9.78 Å². The molecule has 4 heteroatoms. The van der Waals surface area contributed by atoms with Crippen molar-refractivity contribution >= 4 is 17.2 Å². The maximum Gasteiger partial charge on any atom is 0.227 e. The van der Waals surface area contributed by atoms with Crippen LogP contribution in [0.4, 0.5) is 5.69 Å². The van der Waals surface area contributed by atoms with E-state index in [0.717, 1.165) is 35.1 Å². The number of carbonyl (C=O) groups excluding carboxylic acids is 1. The van der Waals surface area contributed by atoms with Crippen LogP contribution in [0.3, 0.4) is 0 Å². The van der Waals surface area contributed by atoms with E-state index in [4.69, 9.17) is 5.73 Å². The van der Waals surface area contributed by atoms with E-state index < -0.39 is 0 Å². The van der Waals surface area contributed by atoms with Crippen LogP contribution < -0.4 is 5.73 Å². The summed E-state index contributed by atoms with van der Waals surface area (Å²) < 4.78 is 0. The Balaban J connectivity index is 1.92. The Morgan fingerprint density at radius 3 is 2.68 bits per heavy atom. The Morgan fingerprint density at radius 1 is 1.16 bits per heavy atom. The van der Waals surface area contributed by atoms with Crippen molar-refractivity contribution in [2.45, 2.75) is 45.7 Å². The third-order valence-electron chi connectivity index (χ3n) is 5.58. The number of amides is 1. The number of allylic oxidation sites excluding steroid dienone is 7. The molecule has 1 amide bonds. The lowest BCUT2D eigenvalue weighted by atomic mass is 9.96. The number of para-hydroxylation sites is 1. The van der Waals surface area contributed by atoms with Crippen LogP contribution in [-0.4, -0.2) is 21.8 Å². The first-order valence-electron chi connectivity index (χ1n) is 10.8. The second-order valence-corrected chi connectivity index (χ2v) is 7.83. The van der Waals surface area contributed by atoms with Gasteiger partial charge in [-0.05, 0) is 54.7 Å². The first kappa shape index (κ1) is 22.3. The lowest BCUT2D eigenvalue weighted by Crippen LogP contribution is -2.37. The summed E-state index contributed by atoms with van der Waals surface area (Å²) in [6, 6.07) is 11.8. The molecule has 0 aliphatic heterocycles. The Kier molecular flexibility index (Phi) is 7.99. The molecule has 0 saturated heterocycles. The molecule has 0 radical (unpaired) electrons. The molecule has 1 aliphatic rings. The fourth-order valence-electron chi connectivity index (χ4n) is 3.60. The highest BCUT2D eigenvalue weighted by molar-refractivity contribution is 5.92. The van der Waals surface area contributed by atoms with Crippen LogP contribution in [-0.2, 0) is 11.3 Å². The minimum atomic E-state index is 0.0981. The van der Waals surface area contributed by atoms with Crippen LogP contribution in [0.15, 0.2) is 90.8 Å². The summed E-state index contributed by atoms with van der Waals surface area (Å²) >= 11 is 0. The number of anilines is 1. The molecule has 2 N–H and O–H groups in total. The predicted octanol–water partition coefficient (Wildman–Crippen LogP) is 5.71. The number of hydrogen-bond donors (Lipinski definition) is 1. The SMILES string of the molecule is CCC(C)N(Cc1ccncc1)C(=O)C/C(=C\C1=CC=CC=CC1)c1ccccc1N. The summed E-state index contributed by atoms with van der Waals surface area (Å²) in [5.74, 6) is 0.0981. The number of benzene rings is 1. The van der Waals surface area contributed by atoms with E-state index in [-0.39, 0.29) is 11.9 Å². The standard InChI is InChI=1S/C27H31N3O/c1-3-21(2)30(20-23-14-16-29-17-15-23)27(31)19-24(25-12-8-9-13-26(25)28)18-22-10-6-4-5-7-11-22/h4-10,12-18,21H,3,11,19-20,28H2,1-2H3/b24-18+. The average molecular weight is 414 g/mol. The maximum absolute atomic E-state index is 13.5.